The molecule has 2 unspecified atom stereocenters. The third-order valence-electron chi connectivity index (χ3n) is 5.72. The second-order valence-electron chi connectivity index (χ2n) is 7.76. The van der Waals surface area contributed by atoms with Crippen LogP contribution >= 0.6 is 0 Å². The fraction of sp³-hybridized carbons (Fsp3) is 0.632. The fourth-order valence-corrected chi connectivity index (χ4v) is 4.27. The molecule has 2 heterocycles. The number of nitrogens with one attached hydrogen (secondary N) is 1. The average Bonchev–Trinajstić information content (AvgIpc) is 3.37. The van der Waals surface area contributed by atoms with Gasteiger partial charge in [-0.15, -0.1) is 0 Å². The predicted octanol–water partition coefficient (Wildman–Crippen LogP) is 0.907. The molecular formula is C19H28N6O4. The maximum atomic E-state index is 13.4. The standard InChI is InChI=1S/C19H28N6O4/c1-23-9-7-16(18(27)22-17-6-8-20-12-21-17)25(23)19(28)15(11-24(29)13-26)10-14-4-2-3-5-14/h6,8,12-16,29H,2-5,7,9-11H2,1H3,(H,20,21,22,27). The minimum absolute atomic E-state index is 0.0799. The van der Waals surface area contributed by atoms with Crippen molar-refractivity contribution in [1.29, 1.82) is 0 Å². The van der Waals surface area contributed by atoms with Gasteiger partial charge in [-0.05, 0) is 24.8 Å². The number of amides is 3. The topological polar surface area (TPSA) is 119 Å². The van der Waals surface area contributed by atoms with Crippen LogP contribution in [0, 0.1) is 11.8 Å². The molecule has 0 radical (unpaired) electrons. The highest BCUT2D eigenvalue weighted by Gasteiger charge is 2.41. The summed E-state index contributed by atoms with van der Waals surface area (Å²) >= 11 is 0. The largest absolute Gasteiger partial charge is 0.309 e. The maximum absolute atomic E-state index is 13.4. The van der Waals surface area contributed by atoms with Crippen LogP contribution in [0.4, 0.5) is 5.82 Å². The zero-order valence-electron chi connectivity index (χ0n) is 16.6. The lowest BCUT2D eigenvalue weighted by molar-refractivity contribution is -0.164. The summed E-state index contributed by atoms with van der Waals surface area (Å²) in [6.07, 6.45) is 8.62. The molecule has 0 spiro atoms. The number of aromatic nitrogens is 2. The quantitative estimate of drug-likeness (QED) is 0.375. The summed E-state index contributed by atoms with van der Waals surface area (Å²) in [5.41, 5.74) is 0. The first-order chi connectivity index (χ1) is 14.0. The molecule has 1 aliphatic carbocycles. The molecule has 3 amide bonds. The molecule has 1 aliphatic heterocycles. The number of nitrogens with zero attached hydrogens (tertiary/aromatic N) is 5. The predicted molar refractivity (Wildman–Crippen MR) is 103 cm³/mol. The van der Waals surface area contributed by atoms with Crippen LogP contribution in [-0.4, -0.2) is 74.7 Å². The first-order valence-corrected chi connectivity index (χ1v) is 10.0. The van der Waals surface area contributed by atoms with Crippen molar-refractivity contribution in [3.8, 4) is 0 Å². The summed E-state index contributed by atoms with van der Waals surface area (Å²) in [6.45, 7) is 0.476. The van der Waals surface area contributed by atoms with Crippen molar-refractivity contribution in [3.63, 3.8) is 0 Å². The van der Waals surface area contributed by atoms with Gasteiger partial charge < -0.3 is 5.32 Å². The number of hydroxylamine groups is 2. The molecule has 1 saturated carbocycles. The van der Waals surface area contributed by atoms with Crippen LogP contribution in [0.5, 0.6) is 0 Å². The smallest absolute Gasteiger partial charge is 0.250 e. The number of rotatable bonds is 8. The van der Waals surface area contributed by atoms with Gasteiger partial charge in [0.2, 0.25) is 18.2 Å². The van der Waals surface area contributed by atoms with Crippen LogP contribution in [-0.2, 0) is 14.4 Å². The fourth-order valence-electron chi connectivity index (χ4n) is 4.27. The number of anilines is 1. The molecule has 2 N–H and O–H groups in total. The van der Waals surface area contributed by atoms with Crippen molar-refractivity contribution in [2.24, 2.45) is 11.8 Å². The van der Waals surface area contributed by atoms with Crippen LogP contribution in [0.2, 0.25) is 0 Å². The Morgan fingerprint density at radius 2 is 2.14 bits per heavy atom. The lowest BCUT2D eigenvalue weighted by Crippen LogP contribution is -2.52. The van der Waals surface area contributed by atoms with Crippen LogP contribution in [0.25, 0.3) is 0 Å². The van der Waals surface area contributed by atoms with Gasteiger partial charge in [-0.25, -0.2) is 20.0 Å². The van der Waals surface area contributed by atoms with Gasteiger partial charge in [0.25, 0.3) is 0 Å². The molecule has 29 heavy (non-hydrogen) atoms. The van der Waals surface area contributed by atoms with Crippen molar-refractivity contribution < 1.29 is 19.6 Å². The molecule has 2 aliphatic rings. The van der Waals surface area contributed by atoms with Gasteiger partial charge in [0.05, 0.1) is 12.5 Å². The zero-order chi connectivity index (χ0) is 20.8. The Bertz CT molecular complexity index is 712. The van der Waals surface area contributed by atoms with E-state index in [1.807, 2.05) is 0 Å². The third-order valence-corrected chi connectivity index (χ3v) is 5.72. The van der Waals surface area contributed by atoms with E-state index >= 15 is 0 Å². The molecule has 158 valence electrons. The van der Waals surface area contributed by atoms with E-state index in [-0.39, 0.29) is 18.4 Å². The number of hydrogen-bond donors (Lipinski definition) is 2. The van der Waals surface area contributed by atoms with Crippen molar-refractivity contribution in [1.82, 2.24) is 25.0 Å². The van der Waals surface area contributed by atoms with Gasteiger partial charge in [0, 0.05) is 19.8 Å². The Hall–Kier alpha value is -2.59. The Labute approximate surface area is 169 Å². The van der Waals surface area contributed by atoms with Crippen molar-refractivity contribution in [2.45, 2.75) is 44.6 Å². The Balaban J connectivity index is 1.74. The van der Waals surface area contributed by atoms with E-state index in [1.54, 1.807) is 18.1 Å². The van der Waals surface area contributed by atoms with E-state index < -0.39 is 12.0 Å². The summed E-state index contributed by atoms with van der Waals surface area (Å²) < 4.78 is 0. The monoisotopic (exact) mass is 404 g/mol. The highest BCUT2D eigenvalue weighted by molar-refractivity contribution is 5.97. The Morgan fingerprint density at radius 1 is 1.38 bits per heavy atom. The molecule has 10 nitrogen and oxygen atoms in total. The third kappa shape index (κ3) is 5.27. The normalized spacial score (nSPS) is 21.2. The minimum Gasteiger partial charge on any atom is -0.309 e. The second kappa shape index (κ2) is 9.75. The minimum atomic E-state index is -0.670. The van der Waals surface area contributed by atoms with Crippen molar-refractivity contribution in [3.05, 3.63) is 18.6 Å². The molecule has 3 rings (SSSR count). The molecule has 0 aromatic carbocycles. The first-order valence-electron chi connectivity index (χ1n) is 10.0. The van der Waals surface area contributed by atoms with E-state index in [0.717, 1.165) is 25.7 Å². The molecule has 1 saturated heterocycles. The summed E-state index contributed by atoms with van der Waals surface area (Å²) in [4.78, 5) is 44.9. The van der Waals surface area contributed by atoms with E-state index in [2.05, 4.69) is 15.3 Å². The van der Waals surface area contributed by atoms with Gasteiger partial charge in [0.15, 0.2) is 0 Å². The summed E-state index contributed by atoms with van der Waals surface area (Å²) in [5, 5.41) is 16.2. The molecule has 1 aromatic rings. The summed E-state index contributed by atoms with van der Waals surface area (Å²) in [6, 6.07) is 0.913. The van der Waals surface area contributed by atoms with Crippen LogP contribution in [0.3, 0.4) is 0 Å². The van der Waals surface area contributed by atoms with Gasteiger partial charge >= 0.3 is 0 Å². The molecule has 2 fully saturated rings. The molecule has 2 atom stereocenters. The van der Waals surface area contributed by atoms with Gasteiger partial charge in [0.1, 0.15) is 18.2 Å². The summed E-state index contributed by atoms with van der Waals surface area (Å²) in [5.74, 6) is -0.372. The van der Waals surface area contributed by atoms with Gasteiger partial charge in [-0.3, -0.25) is 24.6 Å². The number of carbonyl (C=O) groups excluding carboxylic acids is 3. The number of hydrazine groups is 1. The van der Waals surface area contributed by atoms with Gasteiger partial charge in [-0.1, -0.05) is 25.7 Å². The lowest BCUT2D eigenvalue weighted by Gasteiger charge is -2.33. The first kappa shape index (κ1) is 21.1. The van der Waals surface area contributed by atoms with Crippen molar-refractivity contribution >= 4 is 24.0 Å². The highest BCUT2D eigenvalue weighted by atomic mass is 16.5. The number of hydrogen-bond acceptors (Lipinski definition) is 7. The van der Waals surface area contributed by atoms with Crippen molar-refractivity contribution in [2.75, 3.05) is 25.5 Å². The van der Waals surface area contributed by atoms with Gasteiger partial charge in [-0.2, -0.15) is 0 Å². The van der Waals surface area contributed by atoms with E-state index in [4.69, 9.17) is 0 Å². The lowest BCUT2D eigenvalue weighted by atomic mass is 9.92. The van der Waals surface area contributed by atoms with E-state index in [1.165, 1.54) is 17.5 Å². The zero-order valence-corrected chi connectivity index (χ0v) is 16.6. The average molecular weight is 404 g/mol. The Kier molecular flexibility index (Phi) is 7.10. The molecule has 1 aromatic heterocycles. The summed E-state index contributed by atoms with van der Waals surface area (Å²) in [7, 11) is 1.76. The van der Waals surface area contributed by atoms with Crippen LogP contribution < -0.4 is 5.32 Å². The highest BCUT2D eigenvalue weighted by Crippen LogP contribution is 2.32. The molecular weight excluding hydrogens is 376 g/mol. The second-order valence-corrected chi connectivity index (χ2v) is 7.76. The molecule has 0 bridgehead atoms. The number of carbonyl (C=O) groups is 3. The molecule has 10 heteroatoms. The van der Waals surface area contributed by atoms with Crippen LogP contribution in [0.15, 0.2) is 18.6 Å². The Morgan fingerprint density at radius 3 is 2.79 bits per heavy atom. The maximum Gasteiger partial charge on any atom is 0.250 e. The van der Waals surface area contributed by atoms with E-state index in [0.29, 0.717) is 42.6 Å². The van der Waals surface area contributed by atoms with E-state index in [9.17, 15) is 19.6 Å². The SMILES string of the molecule is CN1CCC(C(=O)Nc2ccncn2)N1C(=O)C(CC1CCCC1)CN(O)C=O. The van der Waals surface area contributed by atoms with Crippen LogP contribution in [0.1, 0.15) is 38.5 Å².